The van der Waals surface area contributed by atoms with Gasteiger partial charge in [-0.2, -0.15) is 0 Å². The van der Waals surface area contributed by atoms with Crippen molar-refractivity contribution in [2.45, 2.75) is 31.0 Å². The second-order valence-electron chi connectivity index (χ2n) is 6.73. The van der Waals surface area contributed by atoms with Gasteiger partial charge in [0.15, 0.2) is 0 Å². The number of rotatable bonds is 4. The first-order valence-electron chi connectivity index (χ1n) is 8.68. The summed E-state index contributed by atoms with van der Waals surface area (Å²) in [7, 11) is -3.93. The Labute approximate surface area is 168 Å². The molecule has 2 atom stereocenters. The lowest BCUT2D eigenvalue weighted by molar-refractivity contribution is -0.0586. The summed E-state index contributed by atoms with van der Waals surface area (Å²) in [4.78, 5) is 14.2. The molecule has 9 heteroatoms. The molecule has 0 spiro atoms. The number of anilines is 1. The van der Waals surface area contributed by atoms with Crippen LogP contribution in [0.5, 0.6) is 0 Å². The molecule has 1 aliphatic rings. The molecule has 1 saturated heterocycles. The maximum absolute atomic E-state index is 13.2. The van der Waals surface area contributed by atoms with Crippen LogP contribution in [0, 0.1) is 5.82 Å². The molecule has 28 heavy (non-hydrogen) atoms. The molecule has 0 saturated carbocycles. The van der Waals surface area contributed by atoms with Crippen molar-refractivity contribution < 1.29 is 22.3 Å². The molecule has 0 aromatic heterocycles. The van der Waals surface area contributed by atoms with E-state index < -0.39 is 15.8 Å². The van der Waals surface area contributed by atoms with E-state index in [1.165, 1.54) is 12.1 Å². The molecular formula is C19H20ClFN2O4S. The number of amides is 1. The van der Waals surface area contributed by atoms with E-state index in [1.54, 1.807) is 17.0 Å². The molecule has 1 fully saturated rings. The van der Waals surface area contributed by atoms with E-state index in [9.17, 15) is 17.6 Å². The normalized spacial score (nSPS) is 20.1. The minimum atomic E-state index is -3.93. The molecule has 0 radical (unpaired) electrons. The number of nitrogens with one attached hydrogen (secondary N) is 1. The summed E-state index contributed by atoms with van der Waals surface area (Å²) in [6, 6.07) is 9.28. The molecule has 0 aliphatic carbocycles. The quantitative estimate of drug-likeness (QED) is 0.811. The summed E-state index contributed by atoms with van der Waals surface area (Å²) in [5, 5.41) is -0.280. The maximum Gasteiger partial charge on any atom is 0.261 e. The van der Waals surface area contributed by atoms with Crippen LogP contribution in [0.25, 0.3) is 0 Å². The first kappa shape index (κ1) is 20.6. The minimum Gasteiger partial charge on any atom is -0.372 e. The summed E-state index contributed by atoms with van der Waals surface area (Å²) in [6.45, 7) is 4.83. The number of carbonyl (C=O) groups excluding carboxylic acids is 1. The van der Waals surface area contributed by atoms with E-state index in [2.05, 4.69) is 4.72 Å². The van der Waals surface area contributed by atoms with Crippen LogP contribution in [0.3, 0.4) is 0 Å². The standard InChI is InChI=1S/C19H20ClFN2O4S/c1-12-10-23(11-13(2)27-12)19(24)14-3-5-15(6-4-14)22-28(25,26)16-7-8-18(21)17(20)9-16/h3-9,12-13,22H,10-11H2,1-2H3. The van der Waals surface area contributed by atoms with E-state index in [4.69, 9.17) is 16.3 Å². The van der Waals surface area contributed by atoms with E-state index in [0.29, 0.717) is 18.7 Å². The van der Waals surface area contributed by atoms with Gasteiger partial charge in [0, 0.05) is 24.3 Å². The number of hydrogen-bond acceptors (Lipinski definition) is 4. The van der Waals surface area contributed by atoms with E-state index in [1.807, 2.05) is 13.8 Å². The van der Waals surface area contributed by atoms with Gasteiger partial charge < -0.3 is 9.64 Å². The summed E-state index contributed by atoms with van der Waals surface area (Å²) in [5.74, 6) is -0.836. The van der Waals surface area contributed by atoms with E-state index in [0.717, 1.165) is 18.2 Å². The second-order valence-corrected chi connectivity index (χ2v) is 8.82. The van der Waals surface area contributed by atoms with Crippen LogP contribution in [0.1, 0.15) is 24.2 Å². The number of benzene rings is 2. The molecule has 1 heterocycles. The average molecular weight is 427 g/mol. The third-order valence-electron chi connectivity index (χ3n) is 4.29. The second kappa shape index (κ2) is 8.06. The molecule has 1 N–H and O–H groups in total. The highest BCUT2D eigenvalue weighted by Gasteiger charge is 2.26. The SMILES string of the molecule is CC1CN(C(=O)c2ccc(NS(=O)(=O)c3ccc(F)c(Cl)c3)cc2)CC(C)O1. The topological polar surface area (TPSA) is 75.7 Å². The van der Waals surface area contributed by atoms with Crippen molar-refractivity contribution in [1.82, 2.24) is 4.90 Å². The van der Waals surface area contributed by atoms with Gasteiger partial charge in [0.2, 0.25) is 0 Å². The predicted molar refractivity (Wildman–Crippen MR) is 105 cm³/mol. The van der Waals surface area contributed by atoms with Gasteiger partial charge in [-0.15, -0.1) is 0 Å². The van der Waals surface area contributed by atoms with Gasteiger partial charge in [-0.1, -0.05) is 11.6 Å². The third kappa shape index (κ3) is 4.63. The molecule has 3 rings (SSSR count). The van der Waals surface area contributed by atoms with Crippen molar-refractivity contribution in [3.05, 3.63) is 58.9 Å². The van der Waals surface area contributed by atoms with Crippen LogP contribution in [-0.2, 0) is 14.8 Å². The summed E-state index contributed by atoms with van der Waals surface area (Å²) in [6.07, 6.45) is -0.0809. The van der Waals surface area contributed by atoms with Crippen LogP contribution in [0.2, 0.25) is 5.02 Å². The van der Waals surface area contributed by atoms with Crippen LogP contribution in [0.15, 0.2) is 47.4 Å². The fraction of sp³-hybridized carbons (Fsp3) is 0.316. The molecule has 2 unspecified atom stereocenters. The summed E-state index contributed by atoms with van der Waals surface area (Å²) in [5.41, 5.74) is 0.731. The zero-order valence-corrected chi connectivity index (χ0v) is 16.9. The number of halogens is 2. The molecule has 2 aromatic carbocycles. The van der Waals surface area contributed by atoms with E-state index >= 15 is 0 Å². The van der Waals surface area contributed by atoms with Gasteiger partial charge in [0.25, 0.3) is 15.9 Å². The lowest BCUT2D eigenvalue weighted by Crippen LogP contribution is -2.48. The Balaban J connectivity index is 1.73. The number of hydrogen-bond donors (Lipinski definition) is 1. The van der Waals surface area contributed by atoms with Crippen molar-refractivity contribution >= 4 is 33.2 Å². The predicted octanol–water partition coefficient (Wildman–Crippen LogP) is 3.53. The highest BCUT2D eigenvalue weighted by Crippen LogP contribution is 2.22. The maximum atomic E-state index is 13.2. The van der Waals surface area contributed by atoms with Crippen LogP contribution < -0.4 is 4.72 Å². The van der Waals surface area contributed by atoms with Gasteiger partial charge in [-0.25, -0.2) is 12.8 Å². The molecule has 6 nitrogen and oxygen atoms in total. The Bertz CT molecular complexity index is 972. The largest absolute Gasteiger partial charge is 0.372 e. The molecule has 1 aliphatic heterocycles. The van der Waals surface area contributed by atoms with Crippen molar-refractivity contribution in [1.29, 1.82) is 0 Å². The average Bonchev–Trinajstić information content (AvgIpc) is 2.63. The fourth-order valence-electron chi connectivity index (χ4n) is 3.07. The number of sulfonamides is 1. The first-order valence-corrected chi connectivity index (χ1v) is 10.5. The number of ether oxygens (including phenoxy) is 1. The van der Waals surface area contributed by atoms with Crippen LogP contribution in [-0.4, -0.2) is 44.5 Å². The minimum absolute atomic E-state index is 0.0404. The number of morpholine rings is 1. The molecule has 2 aromatic rings. The van der Waals surface area contributed by atoms with Crippen LogP contribution >= 0.6 is 11.6 Å². The molecule has 1 amide bonds. The highest BCUT2D eigenvalue weighted by atomic mass is 35.5. The van der Waals surface area contributed by atoms with Gasteiger partial charge >= 0.3 is 0 Å². The number of carbonyl (C=O) groups is 1. The monoisotopic (exact) mass is 426 g/mol. The van der Waals surface area contributed by atoms with Crippen LogP contribution in [0.4, 0.5) is 10.1 Å². The lowest BCUT2D eigenvalue weighted by atomic mass is 10.1. The van der Waals surface area contributed by atoms with Gasteiger partial charge in [0.1, 0.15) is 5.82 Å². The highest BCUT2D eigenvalue weighted by molar-refractivity contribution is 7.92. The van der Waals surface area contributed by atoms with Crippen molar-refractivity contribution in [2.24, 2.45) is 0 Å². The summed E-state index contributed by atoms with van der Waals surface area (Å²) < 4.78 is 46.1. The van der Waals surface area contributed by atoms with E-state index in [-0.39, 0.29) is 33.7 Å². The van der Waals surface area contributed by atoms with Crippen molar-refractivity contribution in [2.75, 3.05) is 17.8 Å². The zero-order valence-electron chi connectivity index (χ0n) is 15.4. The number of nitrogens with zero attached hydrogens (tertiary/aromatic N) is 1. The molecular weight excluding hydrogens is 407 g/mol. The Morgan fingerprint density at radius 3 is 2.32 bits per heavy atom. The molecule has 150 valence electrons. The fourth-order valence-corrected chi connectivity index (χ4v) is 4.39. The lowest BCUT2D eigenvalue weighted by Gasteiger charge is -2.35. The van der Waals surface area contributed by atoms with Crippen molar-refractivity contribution in [3.63, 3.8) is 0 Å². The Kier molecular flexibility index (Phi) is 5.92. The van der Waals surface area contributed by atoms with Gasteiger partial charge in [-0.3, -0.25) is 9.52 Å². The summed E-state index contributed by atoms with van der Waals surface area (Å²) >= 11 is 5.65. The Hall–Kier alpha value is -2.16. The zero-order chi connectivity index (χ0) is 20.5. The van der Waals surface area contributed by atoms with Gasteiger partial charge in [-0.05, 0) is 56.3 Å². The van der Waals surface area contributed by atoms with Crippen molar-refractivity contribution in [3.8, 4) is 0 Å². The Morgan fingerprint density at radius 1 is 1.14 bits per heavy atom. The Morgan fingerprint density at radius 2 is 1.75 bits per heavy atom. The third-order valence-corrected chi connectivity index (χ3v) is 5.96. The van der Waals surface area contributed by atoms with Gasteiger partial charge in [0.05, 0.1) is 22.1 Å². The molecule has 0 bridgehead atoms. The first-order chi connectivity index (χ1) is 13.2. The smallest absolute Gasteiger partial charge is 0.261 e.